The van der Waals surface area contributed by atoms with E-state index < -0.39 is 15.9 Å². The van der Waals surface area contributed by atoms with Gasteiger partial charge < -0.3 is 10.7 Å². The molecule has 0 unspecified atom stereocenters. The maximum Gasteiger partial charge on any atom is 0.251 e. The summed E-state index contributed by atoms with van der Waals surface area (Å²) in [7, 11) is -3.60. The fourth-order valence-electron chi connectivity index (χ4n) is 1.46. The van der Waals surface area contributed by atoms with E-state index >= 15 is 0 Å². The number of carbonyl (C=O) groups is 1. The number of aromatic nitrogens is 1. The first-order valence-electron chi connectivity index (χ1n) is 6.00. The number of nitrogens with zero attached hydrogens (tertiary/aromatic N) is 1. The Labute approximate surface area is 118 Å². The second-order valence-electron chi connectivity index (χ2n) is 4.59. The normalized spacial score (nSPS) is 11.4. The molecule has 0 atom stereocenters. The van der Waals surface area contributed by atoms with Gasteiger partial charge in [-0.1, -0.05) is 13.8 Å². The fraction of sp³-hybridized carbons (Fsp3) is 0.455. The molecule has 1 heterocycles. The average molecular weight is 301 g/mol. The van der Waals surface area contributed by atoms with Crippen molar-refractivity contribution in [1.82, 2.24) is 10.3 Å². The highest BCUT2D eigenvalue weighted by molar-refractivity contribution is 7.89. The number of sulfonamides is 1. The molecule has 112 valence electrons. The minimum Gasteiger partial charge on any atom is -0.351 e. The van der Waals surface area contributed by atoms with Crippen molar-refractivity contribution in [3.05, 3.63) is 23.4 Å². The Bertz CT molecular complexity index is 586. The van der Waals surface area contributed by atoms with E-state index in [1.807, 2.05) is 13.8 Å². The summed E-state index contributed by atoms with van der Waals surface area (Å²) < 4.78 is 21.6. The molecule has 8 nitrogen and oxygen atoms in total. The number of anilines is 1. The van der Waals surface area contributed by atoms with Gasteiger partial charge in [-0.3, -0.25) is 4.79 Å². The molecule has 20 heavy (non-hydrogen) atoms. The molecular weight excluding hydrogens is 282 g/mol. The number of nitrogen functional groups attached to an aromatic ring is 1. The maximum absolute atomic E-state index is 11.9. The van der Waals surface area contributed by atoms with Gasteiger partial charge in [0.15, 0.2) is 0 Å². The van der Waals surface area contributed by atoms with Crippen LogP contribution in [0.25, 0.3) is 0 Å². The number of carbonyl (C=O) groups excluding carboxylic acids is 1. The van der Waals surface area contributed by atoms with Gasteiger partial charge in [0.05, 0.1) is 5.75 Å². The highest BCUT2D eigenvalue weighted by Gasteiger charge is 2.12. The number of primary sulfonamides is 1. The van der Waals surface area contributed by atoms with Gasteiger partial charge in [-0.05, 0) is 18.1 Å². The van der Waals surface area contributed by atoms with Crippen molar-refractivity contribution >= 4 is 21.7 Å². The highest BCUT2D eigenvalue weighted by atomic mass is 32.2. The van der Waals surface area contributed by atoms with E-state index in [0.717, 1.165) is 0 Å². The quantitative estimate of drug-likeness (QED) is 0.413. The van der Waals surface area contributed by atoms with Crippen molar-refractivity contribution in [2.45, 2.75) is 19.8 Å². The number of amides is 1. The molecule has 1 amide bonds. The number of hydrazine groups is 1. The van der Waals surface area contributed by atoms with Crippen molar-refractivity contribution in [3.63, 3.8) is 0 Å². The molecular formula is C11H19N5O3S. The van der Waals surface area contributed by atoms with Crippen LogP contribution in [0.15, 0.2) is 12.1 Å². The van der Waals surface area contributed by atoms with Gasteiger partial charge in [-0.15, -0.1) is 0 Å². The summed E-state index contributed by atoms with van der Waals surface area (Å²) in [5, 5.41) is 7.33. The van der Waals surface area contributed by atoms with Gasteiger partial charge >= 0.3 is 0 Å². The Morgan fingerprint density at radius 1 is 1.40 bits per heavy atom. The highest BCUT2D eigenvalue weighted by Crippen LogP contribution is 2.17. The Balaban J connectivity index is 2.84. The molecule has 1 aromatic rings. The van der Waals surface area contributed by atoms with E-state index in [9.17, 15) is 13.2 Å². The molecule has 0 bridgehead atoms. The van der Waals surface area contributed by atoms with Crippen molar-refractivity contribution in [1.29, 1.82) is 0 Å². The fourth-order valence-corrected chi connectivity index (χ4v) is 1.85. The van der Waals surface area contributed by atoms with E-state index in [4.69, 9.17) is 11.0 Å². The van der Waals surface area contributed by atoms with Crippen LogP contribution in [0, 0.1) is 0 Å². The third kappa shape index (κ3) is 5.11. The number of nitrogens with two attached hydrogens (primary N) is 2. The first kappa shape index (κ1) is 16.3. The lowest BCUT2D eigenvalue weighted by molar-refractivity contribution is 0.0956. The van der Waals surface area contributed by atoms with Crippen LogP contribution in [0.2, 0.25) is 0 Å². The molecule has 0 spiro atoms. The predicted molar refractivity (Wildman–Crippen MR) is 76.4 cm³/mol. The molecule has 0 radical (unpaired) electrons. The lowest BCUT2D eigenvalue weighted by Crippen LogP contribution is -2.31. The van der Waals surface area contributed by atoms with Gasteiger partial charge in [-0.25, -0.2) is 24.4 Å². The SMILES string of the molecule is CC(C)c1cc(C(=O)NCCS(N)(=O)=O)cc(NN)n1. The smallest absolute Gasteiger partial charge is 0.251 e. The van der Waals surface area contributed by atoms with Gasteiger partial charge in [0.25, 0.3) is 5.91 Å². The van der Waals surface area contributed by atoms with Gasteiger partial charge in [0.2, 0.25) is 10.0 Å². The summed E-state index contributed by atoms with van der Waals surface area (Å²) in [5.74, 6) is 5.07. The molecule has 0 aliphatic rings. The summed E-state index contributed by atoms with van der Waals surface area (Å²) in [6, 6.07) is 3.12. The summed E-state index contributed by atoms with van der Waals surface area (Å²) in [6.07, 6.45) is 0. The summed E-state index contributed by atoms with van der Waals surface area (Å²) in [6.45, 7) is 3.82. The van der Waals surface area contributed by atoms with E-state index in [2.05, 4.69) is 15.7 Å². The van der Waals surface area contributed by atoms with Crippen LogP contribution in [0.5, 0.6) is 0 Å². The van der Waals surface area contributed by atoms with E-state index in [1.165, 1.54) is 6.07 Å². The largest absolute Gasteiger partial charge is 0.351 e. The summed E-state index contributed by atoms with van der Waals surface area (Å²) in [5.41, 5.74) is 3.45. The summed E-state index contributed by atoms with van der Waals surface area (Å²) >= 11 is 0. The molecule has 1 aromatic heterocycles. The second-order valence-corrected chi connectivity index (χ2v) is 6.32. The van der Waals surface area contributed by atoms with Crippen molar-refractivity contribution in [2.24, 2.45) is 11.0 Å². The minimum absolute atomic E-state index is 0.0532. The van der Waals surface area contributed by atoms with Crippen LogP contribution in [-0.4, -0.2) is 31.6 Å². The molecule has 6 N–H and O–H groups in total. The van der Waals surface area contributed by atoms with Crippen LogP contribution in [0.4, 0.5) is 5.82 Å². The zero-order valence-corrected chi connectivity index (χ0v) is 12.2. The number of nitrogens with one attached hydrogen (secondary N) is 2. The maximum atomic E-state index is 11.9. The van der Waals surface area contributed by atoms with E-state index in [1.54, 1.807) is 6.07 Å². The molecule has 0 aliphatic carbocycles. The van der Waals surface area contributed by atoms with E-state index in [0.29, 0.717) is 17.1 Å². The monoisotopic (exact) mass is 301 g/mol. The van der Waals surface area contributed by atoms with Gasteiger partial charge in [0.1, 0.15) is 5.82 Å². The lowest BCUT2D eigenvalue weighted by atomic mass is 10.1. The second kappa shape index (κ2) is 6.64. The number of rotatable bonds is 6. The van der Waals surface area contributed by atoms with Crippen LogP contribution < -0.4 is 21.7 Å². The minimum atomic E-state index is -3.60. The Hall–Kier alpha value is -1.71. The van der Waals surface area contributed by atoms with Crippen LogP contribution in [0.1, 0.15) is 35.8 Å². The Morgan fingerprint density at radius 3 is 2.55 bits per heavy atom. The molecule has 0 saturated heterocycles. The molecule has 0 fully saturated rings. The zero-order valence-electron chi connectivity index (χ0n) is 11.4. The average Bonchev–Trinajstić information content (AvgIpc) is 2.36. The van der Waals surface area contributed by atoms with Gasteiger partial charge in [0, 0.05) is 17.8 Å². The van der Waals surface area contributed by atoms with Gasteiger partial charge in [-0.2, -0.15) is 0 Å². The topological polar surface area (TPSA) is 140 Å². The van der Waals surface area contributed by atoms with Crippen LogP contribution in [0.3, 0.4) is 0 Å². The predicted octanol–water partition coefficient (Wildman–Crippen LogP) is -0.491. The van der Waals surface area contributed by atoms with E-state index in [-0.39, 0.29) is 18.2 Å². The molecule has 0 aromatic carbocycles. The first-order valence-corrected chi connectivity index (χ1v) is 7.71. The molecule has 0 saturated carbocycles. The standard InChI is InChI=1S/C11H19N5O3S/c1-7(2)9-5-8(6-10(15-9)16-12)11(17)14-3-4-20(13,18)19/h5-7H,3-4,12H2,1-2H3,(H,14,17)(H,15,16)(H2,13,18,19). The van der Waals surface area contributed by atoms with Crippen LogP contribution in [-0.2, 0) is 10.0 Å². The molecule has 0 aliphatic heterocycles. The van der Waals surface area contributed by atoms with Crippen molar-refractivity contribution < 1.29 is 13.2 Å². The number of hydrogen-bond acceptors (Lipinski definition) is 6. The number of hydrogen-bond donors (Lipinski definition) is 4. The third-order valence-electron chi connectivity index (χ3n) is 2.52. The molecule has 9 heteroatoms. The summed E-state index contributed by atoms with van der Waals surface area (Å²) in [4.78, 5) is 16.2. The van der Waals surface area contributed by atoms with Crippen molar-refractivity contribution in [2.75, 3.05) is 17.7 Å². The lowest BCUT2D eigenvalue weighted by Gasteiger charge is -2.11. The zero-order chi connectivity index (χ0) is 15.3. The van der Waals surface area contributed by atoms with Crippen LogP contribution >= 0.6 is 0 Å². The Kier molecular flexibility index (Phi) is 5.43. The first-order chi connectivity index (χ1) is 9.23. The number of pyridine rings is 1. The molecule has 1 rings (SSSR count). The Morgan fingerprint density at radius 2 is 2.05 bits per heavy atom. The third-order valence-corrected chi connectivity index (χ3v) is 3.29. The van der Waals surface area contributed by atoms with Crippen molar-refractivity contribution in [3.8, 4) is 0 Å².